The monoisotopic (exact) mass is 285 g/mol. The highest BCUT2D eigenvalue weighted by atomic mass is 32.1. The van der Waals surface area contributed by atoms with Gasteiger partial charge in [0.05, 0.1) is 5.39 Å². The van der Waals surface area contributed by atoms with Gasteiger partial charge in [-0.15, -0.1) is 11.3 Å². The summed E-state index contributed by atoms with van der Waals surface area (Å²) in [6.45, 7) is 4.14. The predicted molar refractivity (Wildman–Crippen MR) is 82.6 cm³/mol. The molecule has 0 aromatic carbocycles. The summed E-state index contributed by atoms with van der Waals surface area (Å²) in [7, 11) is 0. The minimum absolute atomic E-state index is 0.653. The molecule has 0 amide bonds. The molecule has 0 spiro atoms. The van der Waals surface area contributed by atoms with Crippen LogP contribution in [0.4, 0.5) is 5.82 Å². The summed E-state index contributed by atoms with van der Waals surface area (Å²) in [5, 5.41) is 0.972. The number of nitrogens with zero attached hydrogens (tertiary/aromatic N) is 3. The van der Waals surface area contributed by atoms with Gasteiger partial charge in [0.2, 0.25) is 0 Å². The third-order valence-corrected chi connectivity index (χ3v) is 4.38. The minimum atomic E-state index is 0.653. The van der Waals surface area contributed by atoms with Crippen molar-refractivity contribution in [2.24, 2.45) is 5.84 Å². The van der Waals surface area contributed by atoms with Crippen molar-refractivity contribution in [1.29, 1.82) is 0 Å². The van der Waals surface area contributed by atoms with E-state index in [0.29, 0.717) is 11.6 Å². The fourth-order valence-corrected chi connectivity index (χ4v) is 3.04. The molecule has 0 aliphatic heterocycles. The summed E-state index contributed by atoms with van der Waals surface area (Å²) in [6.07, 6.45) is 4.53. The number of nitrogen functional groups attached to an aromatic ring is 1. The zero-order chi connectivity index (χ0) is 14.1. The Kier molecular flexibility index (Phi) is 3.33. The van der Waals surface area contributed by atoms with Gasteiger partial charge in [-0.05, 0) is 31.0 Å². The van der Waals surface area contributed by atoms with Gasteiger partial charge in [-0.3, -0.25) is 4.98 Å². The number of hydrogen-bond acceptors (Lipinski definition) is 6. The van der Waals surface area contributed by atoms with E-state index in [4.69, 9.17) is 5.84 Å². The maximum absolute atomic E-state index is 5.60. The molecule has 102 valence electrons. The summed E-state index contributed by atoms with van der Waals surface area (Å²) < 4.78 is 0. The Hall–Kier alpha value is -2.05. The van der Waals surface area contributed by atoms with Gasteiger partial charge in [0.15, 0.2) is 11.6 Å². The maximum atomic E-state index is 5.60. The van der Waals surface area contributed by atoms with E-state index in [0.717, 1.165) is 27.8 Å². The van der Waals surface area contributed by atoms with E-state index < -0.39 is 0 Å². The molecule has 0 aliphatic carbocycles. The lowest BCUT2D eigenvalue weighted by Crippen LogP contribution is -2.10. The van der Waals surface area contributed by atoms with Crippen molar-refractivity contribution < 1.29 is 0 Å². The molecule has 0 atom stereocenters. The lowest BCUT2D eigenvalue weighted by molar-refractivity contribution is 1.17. The van der Waals surface area contributed by atoms with E-state index in [1.54, 1.807) is 23.7 Å². The summed E-state index contributed by atoms with van der Waals surface area (Å²) in [5.74, 6) is 6.91. The zero-order valence-corrected chi connectivity index (χ0v) is 12.2. The second-order valence-electron chi connectivity index (χ2n) is 4.52. The maximum Gasteiger partial charge on any atom is 0.165 e. The normalized spacial score (nSPS) is 10.9. The summed E-state index contributed by atoms with van der Waals surface area (Å²) >= 11 is 1.67. The molecule has 6 heteroatoms. The first-order valence-electron chi connectivity index (χ1n) is 6.41. The Morgan fingerprint density at radius 3 is 2.90 bits per heavy atom. The number of aromatic nitrogens is 3. The third kappa shape index (κ3) is 2.13. The molecule has 0 radical (unpaired) electrons. The minimum Gasteiger partial charge on any atom is -0.308 e. The fourth-order valence-electron chi connectivity index (χ4n) is 2.07. The number of rotatable bonds is 3. The molecule has 0 unspecified atom stereocenters. The van der Waals surface area contributed by atoms with Gasteiger partial charge in [-0.25, -0.2) is 15.8 Å². The van der Waals surface area contributed by atoms with Crippen LogP contribution >= 0.6 is 11.3 Å². The van der Waals surface area contributed by atoms with Gasteiger partial charge in [0.25, 0.3) is 0 Å². The molecule has 3 aromatic rings. The topological polar surface area (TPSA) is 76.7 Å². The fraction of sp³-hybridized carbons (Fsp3) is 0.214. The van der Waals surface area contributed by atoms with Crippen molar-refractivity contribution in [3.63, 3.8) is 0 Å². The number of pyridine rings is 1. The van der Waals surface area contributed by atoms with E-state index in [2.05, 4.69) is 33.4 Å². The van der Waals surface area contributed by atoms with Crippen molar-refractivity contribution in [3.05, 3.63) is 35.0 Å². The molecule has 3 aromatic heterocycles. The van der Waals surface area contributed by atoms with Gasteiger partial charge in [-0.2, -0.15) is 0 Å². The third-order valence-electron chi connectivity index (χ3n) is 3.21. The second kappa shape index (κ2) is 5.15. The van der Waals surface area contributed by atoms with Crippen LogP contribution in [0, 0.1) is 6.92 Å². The average molecular weight is 285 g/mol. The molecule has 0 saturated heterocycles. The van der Waals surface area contributed by atoms with Gasteiger partial charge < -0.3 is 5.43 Å². The molecule has 0 saturated carbocycles. The Bertz CT molecular complexity index is 765. The molecule has 3 rings (SSSR count). The molecule has 0 fully saturated rings. The lowest BCUT2D eigenvalue weighted by atomic mass is 10.1. The number of nitrogens with two attached hydrogens (primary N) is 1. The van der Waals surface area contributed by atoms with E-state index in [1.807, 2.05) is 13.0 Å². The van der Waals surface area contributed by atoms with Crippen LogP contribution in [0.1, 0.15) is 17.4 Å². The molecule has 3 N–H and O–H groups in total. The van der Waals surface area contributed by atoms with Crippen LogP contribution in [-0.2, 0) is 6.42 Å². The largest absolute Gasteiger partial charge is 0.308 e. The summed E-state index contributed by atoms with van der Waals surface area (Å²) in [5.41, 5.74) is 4.69. The Morgan fingerprint density at radius 1 is 1.35 bits per heavy atom. The highest BCUT2D eigenvalue weighted by Crippen LogP contribution is 2.31. The zero-order valence-electron chi connectivity index (χ0n) is 11.3. The summed E-state index contributed by atoms with van der Waals surface area (Å²) in [4.78, 5) is 15.5. The van der Waals surface area contributed by atoms with Crippen LogP contribution in [0.15, 0.2) is 24.5 Å². The first kappa shape index (κ1) is 13.0. The first-order valence-corrected chi connectivity index (χ1v) is 7.22. The molecule has 20 heavy (non-hydrogen) atoms. The van der Waals surface area contributed by atoms with Gasteiger partial charge in [-0.1, -0.05) is 6.92 Å². The smallest absolute Gasteiger partial charge is 0.165 e. The van der Waals surface area contributed by atoms with Gasteiger partial charge in [0.1, 0.15) is 4.83 Å². The standard InChI is InChI=1S/C14H15N5S/c1-3-9-6-10-13(19-15)17-12(18-14(10)20-9)11-7-16-5-4-8(11)2/h4-7H,3,15H2,1-2H3,(H,17,18,19). The SMILES string of the molecule is CCc1cc2c(NN)nc(-c3cnccc3C)nc2s1. The van der Waals surface area contributed by atoms with Crippen molar-refractivity contribution in [1.82, 2.24) is 15.0 Å². The van der Waals surface area contributed by atoms with E-state index >= 15 is 0 Å². The number of fused-ring (bicyclic) bond motifs is 1. The van der Waals surface area contributed by atoms with Crippen LogP contribution in [-0.4, -0.2) is 15.0 Å². The quantitative estimate of drug-likeness (QED) is 0.571. The molecule has 5 nitrogen and oxygen atoms in total. The van der Waals surface area contributed by atoms with Crippen LogP contribution < -0.4 is 11.3 Å². The first-order chi connectivity index (χ1) is 9.72. The number of hydrogen-bond donors (Lipinski definition) is 2. The number of nitrogens with one attached hydrogen (secondary N) is 1. The van der Waals surface area contributed by atoms with Crippen molar-refractivity contribution in [2.45, 2.75) is 20.3 Å². The molecular formula is C14H15N5S. The molecule has 3 heterocycles. The number of anilines is 1. The highest BCUT2D eigenvalue weighted by Gasteiger charge is 2.13. The Balaban J connectivity index is 2.25. The van der Waals surface area contributed by atoms with E-state index in [-0.39, 0.29) is 0 Å². The van der Waals surface area contributed by atoms with Gasteiger partial charge >= 0.3 is 0 Å². The Morgan fingerprint density at radius 2 is 2.20 bits per heavy atom. The van der Waals surface area contributed by atoms with E-state index in [1.165, 1.54) is 4.88 Å². The van der Waals surface area contributed by atoms with Crippen molar-refractivity contribution >= 4 is 27.4 Å². The van der Waals surface area contributed by atoms with Crippen LogP contribution in [0.25, 0.3) is 21.6 Å². The van der Waals surface area contributed by atoms with Crippen LogP contribution in [0.3, 0.4) is 0 Å². The second-order valence-corrected chi connectivity index (χ2v) is 5.63. The average Bonchev–Trinajstić information content (AvgIpc) is 2.89. The predicted octanol–water partition coefficient (Wildman–Crippen LogP) is 2.91. The number of aryl methyl sites for hydroxylation is 2. The number of thiophene rings is 1. The van der Waals surface area contributed by atoms with Crippen molar-refractivity contribution in [3.8, 4) is 11.4 Å². The van der Waals surface area contributed by atoms with Gasteiger partial charge in [0, 0.05) is 22.8 Å². The van der Waals surface area contributed by atoms with E-state index in [9.17, 15) is 0 Å². The molecule has 0 bridgehead atoms. The molecular weight excluding hydrogens is 270 g/mol. The summed E-state index contributed by atoms with van der Waals surface area (Å²) in [6, 6.07) is 4.04. The lowest BCUT2D eigenvalue weighted by Gasteiger charge is -2.06. The van der Waals surface area contributed by atoms with Crippen molar-refractivity contribution in [2.75, 3.05) is 5.43 Å². The van der Waals surface area contributed by atoms with Crippen LogP contribution in [0.5, 0.6) is 0 Å². The number of hydrazine groups is 1. The Labute approximate surface area is 120 Å². The highest BCUT2D eigenvalue weighted by molar-refractivity contribution is 7.18. The molecule has 0 aliphatic rings. The van der Waals surface area contributed by atoms with Crippen LogP contribution in [0.2, 0.25) is 0 Å².